The highest BCUT2D eigenvalue weighted by Gasteiger charge is 2.02. The van der Waals surface area contributed by atoms with Crippen molar-refractivity contribution in [3.05, 3.63) is 0 Å². The number of hydrogen-bond acceptors (Lipinski definition) is 2. The van der Waals surface area contributed by atoms with Crippen molar-refractivity contribution in [2.45, 2.75) is 0 Å². The lowest BCUT2D eigenvalue weighted by molar-refractivity contribution is -0.849. The van der Waals surface area contributed by atoms with Crippen molar-refractivity contribution in [1.82, 2.24) is 5.32 Å². The molecule has 0 saturated carbocycles. The third-order valence-corrected chi connectivity index (χ3v) is 0.948. The van der Waals surface area contributed by atoms with Crippen molar-refractivity contribution in [3.8, 4) is 0 Å². The fourth-order valence-electron chi connectivity index (χ4n) is 0.579. The molecule has 3 N–H and O–H groups in total. The molecular weight excluding hydrogens is 132 g/mol. The molecule has 0 atom stereocenters. The lowest BCUT2D eigenvalue weighted by Crippen LogP contribution is -3.07. The molecule has 4 nitrogen and oxygen atoms in total. The average molecular weight is 147 g/mol. The first-order chi connectivity index (χ1) is 4.66. The maximum absolute atomic E-state index is 10.8. The third kappa shape index (κ3) is 5.53. The van der Waals surface area contributed by atoms with Gasteiger partial charge in [0, 0.05) is 6.54 Å². The summed E-state index contributed by atoms with van der Waals surface area (Å²) in [5.74, 6) is -0.0194. The normalized spacial score (nSPS) is 10.0. The Labute approximate surface area is 60.8 Å². The van der Waals surface area contributed by atoms with Gasteiger partial charge in [-0.3, -0.25) is 4.79 Å². The molecule has 1 amide bonds. The molecule has 0 aliphatic heterocycles. The van der Waals surface area contributed by atoms with E-state index in [1.54, 1.807) is 0 Å². The number of carbonyl (C=O) groups excluding carboxylic acids is 1. The number of quaternary nitrogens is 1. The van der Waals surface area contributed by atoms with E-state index in [9.17, 15) is 4.79 Å². The summed E-state index contributed by atoms with van der Waals surface area (Å²) in [7, 11) is 3.80. The standard InChI is InChI=1S/C6H14N2O2/c1-8(2)5-6(10)7-3-4-9/h9H,3-5H2,1-2H3,(H,7,10)/p+1. The molecule has 0 rings (SSSR count). The molecule has 0 aliphatic rings. The Morgan fingerprint density at radius 3 is 2.60 bits per heavy atom. The summed E-state index contributed by atoms with van der Waals surface area (Å²) >= 11 is 0. The van der Waals surface area contributed by atoms with Gasteiger partial charge in [-0.15, -0.1) is 0 Å². The van der Waals surface area contributed by atoms with Crippen LogP contribution in [0.5, 0.6) is 0 Å². The van der Waals surface area contributed by atoms with Gasteiger partial charge < -0.3 is 15.3 Å². The van der Waals surface area contributed by atoms with Crippen LogP contribution in [-0.4, -0.2) is 44.8 Å². The summed E-state index contributed by atoms with van der Waals surface area (Å²) in [6.07, 6.45) is 0. The smallest absolute Gasteiger partial charge is 0.275 e. The summed E-state index contributed by atoms with van der Waals surface area (Å²) in [5, 5.41) is 10.9. The van der Waals surface area contributed by atoms with Crippen molar-refractivity contribution in [1.29, 1.82) is 0 Å². The lowest BCUT2D eigenvalue weighted by Gasteiger charge is -2.06. The minimum atomic E-state index is -0.0194. The summed E-state index contributed by atoms with van der Waals surface area (Å²) in [6.45, 7) is 0.820. The molecule has 10 heavy (non-hydrogen) atoms. The average Bonchev–Trinajstić information content (AvgIpc) is 1.82. The number of aliphatic hydroxyl groups is 1. The second-order valence-electron chi connectivity index (χ2n) is 2.46. The van der Waals surface area contributed by atoms with Crippen molar-refractivity contribution in [2.24, 2.45) is 0 Å². The van der Waals surface area contributed by atoms with Crippen LogP contribution in [0, 0.1) is 0 Å². The van der Waals surface area contributed by atoms with Crippen LogP contribution < -0.4 is 10.2 Å². The van der Waals surface area contributed by atoms with E-state index in [1.165, 1.54) is 0 Å². The molecule has 0 radical (unpaired) electrons. The van der Waals surface area contributed by atoms with Crippen LogP contribution in [0.25, 0.3) is 0 Å². The second kappa shape index (κ2) is 5.20. The molecule has 0 spiro atoms. The zero-order valence-electron chi connectivity index (χ0n) is 6.48. The highest BCUT2D eigenvalue weighted by atomic mass is 16.3. The monoisotopic (exact) mass is 147 g/mol. The maximum Gasteiger partial charge on any atom is 0.275 e. The second-order valence-corrected chi connectivity index (χ2v) is 2.46. The predicted molar refractivity (Wildman–Crippen MR) is 37.8 cm³/mol. The molecule has 0 aliphatic carbocycles. The number of likely N-dealkylation sites (N-methyl/N-ethyl adjacent to an activating group) is 1. The maximum atomic E-state index is 10.8. The van der Waals surface area contributed by atoms with E-state index in [1.807, 2.05) is 14.1 Å². The van der Waals surface area contributed by atoms with Crippen molar-refractivity contribution >= 4 is 5.91 Å². The molecule has 0 bridgehead atoms. The number of hydrogen-bond donors (Lipinski definition) is 3. The van der Waals surface area contributed by atoms with Crippen LogP contribution in [0.2, 0.25) is 0 Å². The van der Waals surface area contributed by atoms with Gasteiger partial charge in [-0.05, 0) is 0 Å². The molecule has 0 aromatic rings. The number of rotatable bonds is 4. The molecule has 4 heteroatoms. The van der Waals surface area contributed by atoms with Gasteiger partial charge in [0.25, 0.3) is 5.91 Å². The molecule has 0 fully saturated rings. The number of amides is 1. The third-order valence-electron chi connectivity index (χ3n) is 0.948. The number of aliphatic hydroxyl groups excluding tert-OH is 1. The quantitative estimate of drug-likeness (QED) is 0.403. The van der Waals surface area contributed by atoms with E-state index in [4.69, 9.17) is 5.11 Å². The minimum absolute atomic E-state index is 0.00843. The highest BCUT2D eigenvalue weighted by Crippen LogP contribution is 1.57. The van der Waals surface area contributed by atoms with Gasteiger partial charge in [0.1, 0.15) is 0 Å². The van der Waals surface area contributed by atoms with Crippen LogP contribution in [-0.2, 0) is 4.79 Å². The van der Waals surface area contributed by atoms with Gasteiger partial charge in [0.15, 0.2) is 6.54 Å². The van der Waals surface area contributed by atoms with E-state index >= 15 is 0 Å². The van der Waals surface area contributed by atoms with E-state index in [-0.39, 0.29) is 12.5 Å². The van der Waals surface area contributed by atoms with E-state index in [2.05, 4.69) is 5.32 Å². The number of nitrogens with one attached hydrogen (secondary N) is 2. The lowest BCUT2D eigenvalue weighted by atomic mass is 10.5. The topological polar surface area (TPSA) is 53.8 Å². The van der Waals surface area contributed by atoms with Crippen molar-refractivity contribution < 1.29 is 14.8 Å². The predicted octanol–water partition coefficient (Wildman–Crippen LogP) is -2.76. The van der Waals surface area contributed by atoms with Crippen molar-refractivity contribution in [2.75, 3.05) is 33.8 Å². The Kier molecular flexibility index (Phi) is 4.88. The van der Waals surface area contributed by atoms with Crippen LogP contribution in [0.3, 0.4) is 0 Å². The van der Waals surface area contributed by atoms with Gasteiger partial charge in [-0.25, -0.2) is 0 Å². The van der Waals surface area contributed by atoms with E-state index in [0.29, 0.717) is 13.1 Å². The Bertz CT molecular complexity index is 104. The van der Waals surface area contributed by atoms with Crippen LogP contribution in [0.1, 0.15) is 0 Å². The van der Waals surface area contributed by atoms with Crippen LogP contribution >= 0.6 is 0 Å². The summed E-state index contributed by atoms with van der Waals surface area (Å²) in [4.78, 5) is 11.8. The van der Waals surface area contributed by atoms with Crippen LogP contribution in [0.4, 0.5) is 0 Å². The summed E-state index contributed by atoms with van der Waals surface area (Å²) in [5.41, 5.74) is 0. The minimum Gasteiger partial charge on any atom is -0.395 e. The Hall–Kier alpha value is -0.610. The molecule has 60 valence electrons. The van der Waals surface area contributed by atoms with Gasteiger partial charge >= 0.3 is 0 Å². The molecular formula is C6H15N2O2+. The summed E-state index contributed by atoms with van der Waals surface area (Å²) in [6, 6.07) is 0. The highest BCUT2D eigenvalue weighted by molar-refractivity contribution is 5.76. The zero-order chi connectivity index (χ0) is 7.98. The van der Waals surface area contributed by atoms with Gasteiger partial charge in [0.2, 0.25) is 0 Å². The van der Waals surface area contributed by atoms with Crippen LogP contribution in [0.15, 0.2) is 0 Å². The van der Waals surface area contributed by atoms with Crippen molar-refractivity contribution in [3.63, 3.8) is 0 Å². The molecule has 0 heterocycles. The van der Waals surface area contributed by atoms with E-state index < -0.39 is 0 Å². The molecule has 0 saturated heterocycles. The Morgan fingerprint density at radius 2 is 2.20 bits per heavy atom. The zero-order valence-corrected chi connectivity index (χ0v) is 6.48. The van der Waals surface area contributed by atoms with Gasteiger partial charge in [-0.2, -0.15) is 0 Å². The van der Waals surface area contributed by atoms with Gasteiger partial charge in [0.05, 0.1) is 20.7 Å². The molecule has 0 aromatic heterocycles. The van der Waals surface area contributed by atoms with E-state index in [0.717, 1.165) is 4.90 Å². The largest absolute Gasteiger partial charge is 0.395 e. The Morgan fingerprint density at radius 1 is 1.60 bits per heavy atom. The SMILES string of the molecule is C[NH+](C)CC(=O)NCCO. The fourth-order valence-corrected chi connectivity index (χ4v) is 0.579. The first-order valence-corrected chi connectivity index (χ1v) is 3.33. The Balaban J connectivity index is 3.26. The first kappa shape index (κ1) is 9.39. The first-order valence-electron chi connectivity index (χ1n) is 3.33. The number of carbonyl (C=O) groups is 1. The molecule has 0 unspecified atom stereocenters. The molecule has 0 aromatic carbocycles. The summed E-state index contributed by atoms with van der Waals surface area (Å²) < 4.78 is 0. The van der Waals surface area contributed by atoms with Gasteiger partial charge in [-0.1, -0.05) is 0 Å². The fraction of sp³-hybridized carbons (Fsp3) is 0.833.